The lowest BCUT2D eigenvalue weighted by Gasteiger charge is -2.38. The van der Waals surface area contributed by atoms with E-state index in [9.17, 15) is 9.90 Å². The molecular weight excluding hydrogens is 316 g/mol. The minimum absolute atomic E-state index is 0.244. The molecule has 1 aromatic carbocycles. The number of rotatable bonds is 2. The normalized spacial score (nSPS) is 16.9. The van der Waals surface area contributed by atoms with Gasteiger partial charge < -0.3 is 10.0 Å². The highest BCUT2D eigenvalue weighted by molar-refractivity contribution is 6.31. The first-order chi connectivity index (χ1) is 11.1. The van der Waals surface area contributed by atoms with Gasteiger partial charge in [0.25, 0.3) is 0 Å². The van der Waals surface area contributed by atoms with Crippen LogP contribution in [0.5, 0.6) is 0 Å². The van der Waals surface area contributed by atoms with E-state index in [-0.39, 0.29) is 6.03 Å². The summed E-state index contributed by atoms with van der Waals surface area (Å²) in [6.07, 6.45) is 2.41. The van der Waals surface area contributed by atoms with Gasteiger partial charge in [0.1, 0.15) is 0 Å². The van der Waals surface area contributed by atoms with Crippen molar-refractivity contribution < 1.29 is 9.90 Å². The molecule has 2 heterocycles. The van der Waals surface area contributed by atoms with Crippen LogP contribution in [0.2, 0.25) is 5.02 Å². The Labute approximate surface area is 139 Å². The number of aromatic nitrogens is 2. The maximum Gasteiger partial charge on any atom is 0.323 e. The average molecular weight is 333 g/mol. The Balaban J connectivity index is 1.64. The monoisotopic (exact) mass is 332 g/mol. The van der Waals surface area contributed by atoms with E-state index >= 15 is 0 Å². The Hall–Kier alpha value is -2.18. The molecule has 6 nitrogen and oxygen atoms in total. The van der Waals surface area contributed by atoms with Gasteiger partial charge in [-0.25, -0.2) is 4.79 Å². The first-order valence-corrected chi connectivity index (χ1v) is 7.77. The largest absolute Gasteiger partial charge is 0.385 e. The van der Waals surface area contributed by atoms with E-state index in [2.05, 4.69) is 15.5 Å². The summed E-state index contributed by atoms with van der Waals surface area (Å²) in [5.74, 6) is 0.407. The molecule has 2 N–H and O–H groups in total. The fourth-order valence-corrected chi connectivity index (χ4v) is 3.06. The van der Waals surface area contributed by atoms with Gasteiger partial charge in [0.2, 0.25) is 0 Å². The number of benzene rings is 1. The minimum Gasteiger partial charge on any atom is -0.385 e. The summed E-state index contributed by atoms with van der Waals surface area (Å²) in [5, 5.41) is 21.6. The molecule has 1 aliphatic rings. The zero-order valence-electron chi connectivity index (χ0n) is 12.4. The Bertz CT molecular complexity index is 687. The molecule has 3 rings (SSSR count). The second-order valence-electron chi connectivity index (χ2n) is 5.54. The Kier molecular flexibility index (Phi) is 4.45. The Morgan fingerprint density at radius 2 is 1.96 bits per heavy atom. The molecule has 7 heteroatoms. The number of halogens is 1. The molecule has 0 radical (unpaired) electrons. The molecular formula is C16H17ClN4O2. The number of piperidine rings is 1. The zero-order valence-corrected chi connectivity index (χ0v) is 13.2. The van der Waals surface area contributed by atoms with Gasteiger partial charge in [0.15, 0.2) is 5.82 Å². The molecule has 0 saturated carbocycles. The van der Waals surface area contributed by atoms with Crippen LogP contribution in [0.15, 0.2) is 42.6 Å². The molecule has 2 amide bonds. The van der Waals surface area contributed by atoms with Gasteiger partial charge in [-0.1, -0.05) is 29.8 Å². The third kappa shape index (κ3) is 3.43. The summed E-state index contributed by atoms with van der Waals surface area (Å²) in [7, 11) is 0. The predicted molar refractivity (Wildman–Crippen MR) is 87.2 cm³/mol. The first kappa shape index (κ1) is 15.7. The first-order valence-electron chi connectivity index (χ1n) is 7.39. The number of hydrogen-bond acceptors (Lipinski definition) is 4. The van der Waals surface area contributed by atoms with Gasteiger partial charge in [-0.2, -0.15) is 5.10 Å². The van der Waals surface area contributed by atoms with Gasteiger partial charge in [-0.15, -0.1) is 5.10 Å². The van der Waals surface area contributed by atoms with Crippen LogP contribution in [0.4, 0.5) is 10.6 Å². The van der Waals surface area contributed by atoms with Crippen LogP contribution in [0, 0.1) is 0 Å². The summed E-state index contributed by atoms with van der Waals surface area (Å²) in [6.45, 7) is 0.877. The number of likely N-dealkylation sites (tertiary alicyclic amines) is 1. The number of carbonyl (C=O) groups excluding carboxylic acids is 1. The third-order valence-corrected chi connectivity index (χ3v) is 4.39. The highest BCUT2D eigenvalue weighted by atomic mass is 35.5. The molecule has 0 aliphatic carbocycles. The van der Waals surface area contributed by atoms with Gasteiger partial charge in [0, 0.05) is 29.9 Å². The van der Waals surface area contributed by atoms with Gasteiger partial charge in [-0.05, 0) is 31.0 Å². The van der Waals surface area contributed by atoms with Crippen molar-refractivity contribution >= 4 is 23.4 Å². The summed E-state index contributed by atoms with van der Waals surface area (Å²) < 4.78 is 0. The zero-order chi connectivity index (χ0) is 16.3. The minimum atomic E-state index is -0.998. The third-order valence-electron chi connectivity index (χ3n) is 4.06. The van der Waals surface area contributed by atoms with Crippen molar-refractivity contribution in [3.63, 3.8) is 0 Å². The highest BCUT2D eigenvalue weighted by Gasteiger charge is 2.36. The van der Waals surface area contributed by atoms with Gasteiger partial charge in [0.05, 0.1) is 5.60 Å². The lowest BCUT2D eigenvalue weighted by Crippen LogP contribution is -2.46. The number of hydrogen-bond donors (Lipinski definition) is 2. The lowest BCUT2D eigenvalue weighted by molar-refractivity contribution is -0.0156. The van der Waals surface area contributed by atoms with Gasteiger partial charge in [-0.3, -0.25) is 5.32 Å². The van der Waals surface area contributed by atoms with Crippen molar-refractivity contribution in [2.24, 2.45) is 0 Å². The summed E-state index contributed by atoms with van der Waals surface area (Å²) >= 11 is 6.19. The van der Waals surface area contributed by atoms with Crippen molar-refractivity contribution in [3.05, 3.63) is 53.2 Å². The molecule has 1 aliphatic heterocycles. The molecule has 0 spiro atoms. The van der Waals surface area contributed by atoms with Crippen molar-refractivity contribution in [3.8, 4) is 0 Å². The molecule has 0 atom stereocenters. The molecule has 23 heavy (non-hydrogen) atoms. The molecule has 1 saturated heterocycles. The van der Waals surface area contributed by atoms with Crippen molar-refractivity contribution in [2.45, 2.75) is 18.4 Å². The molecule has 1 aromatic heterocycles. The van der Waals surface area contributed by atoms with Crippen LogP contribution in [-0.2, 0) is 5.60 Å². The quantitative estimate of drug-likeness (QED) is 0.886. The number of urea groups is 1. The van der Waals surface area contributed by atoms with E-state index in [1.165, 1.54) is 0 Å². The van der Waals surface area contributed by atoms with E-state index in [0.717, 1.165) is 5.56 Å². The lowest BCUT2D eigenvalue weighted by atomic mass is 9.84. The van der Waals surface area contributed by atoms with Crippen LogP contribution in [0.3, 0.4) is 0 Å². The summed E-state index contributed by atoms with van der Waals surface area (Å²) in [4.78, 5) is 13.9. The summed E-state index contributed by atoms with van der Waals surface area (Å²) in [5.41, 5.74) is -0.280. The standard InChI is InChI=1S/C16H17ClN4O2/c17-13-5-2-1-4-12(13)16(23)7-10-21(11-8-16)15(22)19-14-6-3-9-18-20-14/h1-6,9,23H,7-8,10-11H2,(H,19,20,22). The molecule has 0 bridgehead atoms. The smallest absolute Gasteiger partial charge is 0.323 e. The fourth-order valence-electron chi connectivity index (χ4n) is 2.74. The van der Waals surface area contributed by atoms with Gasteiger partial charge >= 0.3 is 6.03 Å². The average Bonchev–Trinajstić information content (AvgIpc) is 2.56. The second-order valence-corrected chi connectivity index (χ2v) is 5.94. The molecule has 0 unspecified atom stereocenters. The number of carbonyl (C=O) groups is 1. The number of anilines is 1. The Morgan fingerprint density at radius 3 is 2.61 bits per heavy atom. The molecule has 1 fully saturated rings. The maximum absolute atomic E-state index is 12.2. The van der Waals surface area contributed by atoms with E-state index < -0.39 is 5.60 Å². The van der Waals surface area contributed by atoms with Crippen LogP contribution >= 0.6 is 11.6 Å². The van der Waals surface area contributed by atoms with Crippen molar-refractivity contribution in [1.29, 1.82) is 0 Å². The molecule has 2 aromatic rings. The predicted octanol–water partition coefficient (Wildman–Crippen LogP) is 2.65. The van der Waals surface area contributed by atoms with Crippen molar-refractivity contribution in [2.75, 3.05) is 18.4 Å². The van der Waals surface area contributed by atoms with E-state index in [0.29, 0.717) is 36.8 Å². The fraction of sp³-hybridized carbons (Fsp3) is 0.312. The van der Waals surface area contributed by atoms with Crippen LogP contribution in [-0.4, -0.2) is 39.3 Å². The van der Waals surface area contributed by atoms with E-state index in [4.69, 9.17) is 11.6 Å². The van der Waals surface area contributed by atoms with Crippen LogP contribution in [0.25, 0.3) is 0 Å². The maximum atomic E-state index is 12.2. The van der Waals surface area contributed by atoms with Crippen molar-refractivity contribution in [1.82, 2.24) is 15.1 Å². The number of nitrogens with zero attached hydrogens (tertiary/aromatic N) is 3. The highest BCUT2D eigenvalue weighted by Crippen LogP contribution is 2.36. The van der Waals surface area contributed by atoms with E-state index in [1.807, 2.05) is 18.2 Å². The number of aliphatic hydroxyl groups is 1. The topological polar surface area (TPSA) is 78.4 Å². The second kappa shape index (κ2) is 6.52. The molecule has 120 valence electrons. The number of nitrogens with one attached hydrogen (secondary N) is 1. The Morgan fingerprint density at radius 1 is 1.22 bits per heavy atom. The van der Waals surface area contributed by atoms with Crippen LogP contribution < -0.4 is 5.32 Å². The number of amides is 2. The van der Waals surface area contributed by atoms with E-state index in [1.54, 1.807) is 29.3 Å². The van der Waals surface area contributed by atoms with Crippen LogP contribution in [0.1, 0.15) is 18.4 Å². The summed E-state index contributed by atoms with van der Waals surface area (Å²) in [6, 6.07) is 10.4. The SMILES string of the molecule is O=C(Nc1cccnn1)N1CCC(O)(c2ccccc2Cl)CC1.